The Hall–Kier alpha value is -1.84. The summed E-state index contributed by atoms with van der Waals surface area (Å²) in [5.74, 6) is 2.73. The van der Waals surface area contributed by atoms with Gasteiger partial charge < -0.3 is 10.6 Å². The van der Waals surface area contributed by atoms with Gasteiger partial charge in [-0.3, -0.25) is 0 Å². The van der Waals surface area contributed by atoms with Crippen LogP contribution in [0.4, 0.5) is 11.8 Å². The maximum Gasteiger partial charge on any atom is 0.222 e. The molecule has 1 saturated heterocycles. The van der Waals surface area contributed by atoms with Crippen molar-refractivity contribution in [2.75, 3.05) is 23.7 Å². The SMILES string of the molecule is CC1CN(c2nc(N)nc3ccccc23)CC1C. The summed E-state index contributed by atoms with van der Waals surface area (Å²) in [6.45, 7) is 6.66. The maximum atomic E-state index is 5.81. The Balaban J connectivity index is 2.11. The maximum absolute atomic E-state index is 5.81. The Morgan fingerprint density at radius 2 is 1.78 bits per heavy atom. The zero-order chi connectivity index (χ0) is 12.7. The Bertz CT molecular complexity index is 571. The highest BCUT2D eigenvalue weighted by Crippen LogP contribution is 2.31. The molecule has 0 saturated carbocycles. The van der Waals surface area contributed by atoms with Gasteiger partial charge in [-0.1, -0.05) is 26.0 Å². The lowest BCUT2D eigenvalue weighted by molar-refractivity contribution is 0.494. The average molecular weight is 242 g/mol. The summed E-state index contributed by atoms with van der Waals surface area (Å²) < 4.78 is 0. The van der Waals surface area contributed by atoms with Crippen molar-refractivity contribution in [3.05, 3.63) is 24.3 Å². The van der Waals surface area contributed by atoms with E-state index in [1.165, 1.54) is 0 Å². The fraction of sp³-hybridized carbons (Fsp3) is 0.429. The molecule has 18 heavy (non-hydrogen) atoms. The molecule has 1 aliphatic rings. The van der Waals surface area contributed by atoms with E-state index in [1.54, 1.807) is 0 Å². The van der Waals surface area contributed by atoms with E-state index >= 15 is 0 Å². The van der Waals surface area contributed by atoms with E-state index < -0.39 is 0 Å². The number of benzene rings is 1. The van der Waals surface area contributed by atoms with Crippen molar-refractivity contribution in [2.45, 2.75) is 13.8 Å². The van der Waals surface area contributed by atoms with Crippen LogP contribution in [0.5, 0.6) is 0 Å². The molecule has 1 aliphatic heterocycles. The smallest absolute Gasteiger partial charge is 0.222 e. The Morgan fingerprint density at radius 3 is 2.50 bits per heavy atom. The number of nitrogens with zero attached hydrogens (tertiary/aromatic N) is 3. The van der Waals surface area contributed by atoms with Crippen molar-refractivity contribution >= 4 is 22.7 Å². The number of anilines is 2. The monoisotopic (exact) mass is 242 g/mol. The molecule has 0 spiro atoms. The van der Waals surface area contributed by atoms with E-state index in [4.69, 9.17) is 5.73 Å². The predicted octanol–water partition coefficient (Wildman–Crippen LogP) is 2.30. The van der Waals surface area contributed by atoms with Gasteiger partial charge in [-0.25, -0.2) is 4.98 Å². The number of hydrogen-bond donors (Lipinski definition) is 1. The number of nitrogen functional groups attached to an aromatic ring is 1. The van der Waals surface area contributed by atoms with Gasteiger partial charge in [0.1, 0.15) is 5.82 Å². The normalized spacial score (nSPS) is 23.8. The second kappa shape index (κ2) is 4.12. The van der Waals surface area contributed by atoms with Crippen LogP contribution in [0, 0.1) is 11.8 Å². The molecule has 2 heterocycles. The van der Waals surface area contributed by atoms with E-state index in [0.29, 0.717) is 17.8 Å². The molecule has 1 aromatic carbocycles. The second-order valence-electron chi connectivity index (χ2n) is 5.28. The second-order valence-corrected chi connectivity index (χ2v) is 5.28. The van der Waals surface area contributed by atoms with E-state index in [9.17, 15) is 0 Å². The average Bonchev–Trinajstić information content (AvgIpc) is 2.68. The summed E-state index contributed by atoms with van der Waals surface area (Å²) in [5, 5.41) is 1.09. The van der Waals surface area contributed by atoms with Gasteiger partial charge in [0, 0.05) is 18.5 Å². The van der Waals surface area contributed by atoms with Crippen LogP contribution in [-0.2, 0) is 0 Å². The number of hydrogen-bond acceptors (Lipinski definition) is 4. The minimum Gasteiger partial charge on any atom is -0.368 e. The topological polar surface area (TPSA) is 55.0 Å². The fourth-order valence-corrected chi connectivity index (χ4v) is 2.62. The zero-order valence-corrected chi connectivity index (χ0v) is 10.8. The van der Waals surface area contributed by atoms with Gasteiger partial charge in [-0.15, -0.1) is 0 Å². The van der Waals surface area contributed by atoms with Gasteiger partial charge in [0.2, 0.25) is 5.95 Å². The van der Waals surface area contributed by atoms with E-state index in [2.05, 4.69) is 34.8 Å². The molecular formula is C14H18N4. The number of aromatic nitrogens is 2. The lowest BCUT2D eigenvalue weighted by Gasteiger charge is -2.19. The first-order valence-electron chi connectivity index (χ1n) is 6.42. The summed E-state index contributed by atoms with van der Waals surface area (Å²) in [6.07, 6.45) is 0. The fourth-order valence-electron chi connectivity index (χ4n) is 2.62. The lowest BCUT2D eigenvalue weighted by Crippen LogP contribution is -2.21. The number of fused-ring (bicyclic) bond motifs is 1. The molecule has 0 bridgehead atoms. The molecule has 0 amide bonds. The highest BCUT2D eigenvalue weighted by Gasteiger charge is 2.28. The molecule has 94 valence electrons. The van der Waals surface area contributed by atoms with Crippen molar-refractivity contribution in [3.8, 4) is 0 Å². The number of para-hydroxylation sites is 1. The van der Waals surface area contributed by atoms with Crippen LogP contribution in [-0.4, -0.2) is 23.1 Å². The van der Waals surface area contributed by atoms with Gasteiger partial charge in [0.25, 0.3) is 0 Å². The van der Waals surface area contributed by atoms with Gasteiger partial charge in [0.05, 0.1) is 5.52 Å². The van der Waals surface area contributed by atoms with E-state index in [1.807, 2.05) is 18.2 Å². The summed E-state index contributed by atoms with van der Waals surface area (Å²) >= 11 is 0. The minimum atomic E-state index is 0.357. The van der Waals surface area contributed by atoms with Crippen molar-refractivity contribution in [1.82, 2.24) is 9.97 Å². The van der Waals surface area contributed by atoms with Gasteiger partial charge >= 0.3 is 0 Å². The first-order valence-corrected chi connectivity index (χ1v) is 6.42. The predicted molar refractivity (Wildman–Crippen MR) is 74.5 cm³/mol. The van der Waals surface area contributed by atoms with Crippen molar-refractivity contribution in [2.24, 2.45) is 11.8 Å². The molecule has 2 N–H and O–H groups in total. The summed E-state index contributed by atoms with van der Waals surface area (Å²) in [6, 6.07) is 8.06. The third-order valence-electron chi connectivity index (χ3n) is 3.89. The highest BCUT2D eigenvalue weighted by atomic mass is 15.2. The Kier molecular flexibility index (Phi) is 2.58. The molecule has 1 aromatic heterocycles. The third-order valence-corrected chi connectivity index (χ3v) is 3.89. The van der Waals surface area contributed by atoms with Gasteiger partial charge in [-0.05, 0) is 24.0 Å². The van der Waals surface area contributed by atoms with Crippen LogP contribution in [0.2, 0.25) is 0 Å². The molecule has 0 aliphatic carbocycles. The van der Waals surface area contributed by atoms with Crippen molar-refractivity contribution < 1.29 is 0 Å². The lowest BCUT2D eigenvalue weighted by atomic mass is 10.0. The Labute approximate surface area is 107 Å². The molecule has 2 atom stereocenters. The molecule has 1 fully saturated rings. The first-order chi connectivity index (χ1) is 8.65. The quantitative estimate of drug-likeness (QED) is 0.833. The van der Waals surface area contributed by atoms with Crippen molar-refractivity contribution in [3.63, 3.8) is 0 Å². The molecular weight excluding hydrogens is 224 g/mol. The van der Waals surface area contributed by atoms with E-state index in [0.717, 1.165) is 29.8 Å². The summed E-state index contributed by atoms with van der Waals surface area (Å²) in [5.41, 5.74) is 6.74. The molecule has 2 unspecified atom stereocenters. The van der Waals surface area contributed by atoms with E-state index in [-0.39, 0.29) is 0 Å². The van der Waals surface area contributed by atoms with Crippen LogP contribution >= 0.6 is 0 Å². The van der Waals surface area contributed by atoms with Crippen LogP contribution in [0.25, 0.3) is 10.9 Å². The molecule has 0 radical (unpaired) electrons. The summed E-state index contributed by atoms with van der Waals surface area (Å²) in [7, 11) is 0. The zero-order valence-electron chi connectivity index (χ0n) is 10.8. The minimum absolute atomic E-state index is 0.357. The van der Waals surface area contributed by atoms with Crippen LogP contribution < -0.4 is 10.6 Å². The standard InChI is InChI=1S/C14H18N4/c1-9-7-18(8-10(9)2)13-11-5-3-4-6-12(11)16-14(15)17-13/h3-6,9-10H,7-8H2,1-2H3,(H2,15,16,17). The largest absolute Gasteiger partial charge is 0.368 e. The van der Waals surface area contributed by atoms with Crippen LogP contribution in [0.3, 0.4) is 0 Å². The first kappa shape index (κ1) is 11.3. The number of nitrogens with two attached hydrogens (primary N) is 1. The molecule has 4 nitrogen and oxygen atoms in total. The van der Waals surface area contributed by atoms with Crippen molar-refractivity contribution in [1.29, 1.82) is 0 Å². The third kappa shape index (κ3) is 1.78. The molecule has 2 aromatic rings. The number of rotatable bonds is 1. The highest BCUT2D eigenvalue weighted by molar-refractivity contribution is 5.90. The summed E-state index contributed by atoms with van der Waals surface area (Å²) in [4.78, 5) is 11.1. The molecule has 3 rings (SSSR count). The van der Waals surface area contributed by atoms with Crippen LogP contribution in [0.1, 0.15) is 13.8 Å². The Morgan fingerprint density at radius 1 is 1.11 bits per heavy atom. The molecule has 4 heteroatoms. The van der Waals surface area contributed by atoms with Gasteiger partial charge in [0.15, 0.2) is 0 Å². The van der Waals surface area contributed by atoms with Crippen LogP contribution in [0.15, 0.2) is 24.3 Å². The van der Waals surface area contributed by atoms with Gasteiger partial charge in [-0.2, -0.15) is 4.98 Å².